The molecule has 218 valence electrons. The third-order valence-corrected chi connectivity index (χ3v) is 10.4. The van der Waals surface area contributed by atoms with Crippen LogP contribution >= 0.6 is 46.7 Å². The van der Waals surface area contributed by atoms with Crippen molar-refractivity contribution in [3.05, 3.63) is 83.9 Å². The number of halogens is 2. The van der Waals surface area contributed by atoms with Crippen LogP contribution in [0.2, 0.25) is 10.0 Å². The van der Waals surface area contributed by atoms with E-state index in [2.05, 4.69) is 32.6 Å². The average Bonchev–Trinajstić information content (AvgIpc) is 2.91. The summed E-state index contributed by atoms with van der Waals surface area (Å²) in [5, 5.41) is 1.52. The molecule has 0 unspecified atom stereocenters. The molecule has 40 heavy (non-hydrogen) atoms. The highest BCUT2D eigenvalue weighted by Crippen LogP contribution is 2.18. The van der Waals surface area contributed by atoms with Gasteiger partial charge in [-0.25, -0.2) is 16.8 Å². The van der Waals surface area contributed by atoms with E-state index in [-0.39, 0.29) is 9.79 Å². The van der Waals surface area contributed by atoms with E-state index in [1.54, 1.807) is 12.2 Å². The number of amidine groups is 2. The van der Waals surface area contributed by atoms with Crippen molar-refractivity contribution in [3.63, 3.8) is 0 Å². The number of thioether (sulfide) groups is 2. The highest BCUT2D eigenvalue weighted by Gasteiger charge is 2.18. The predicted molar refractivity (Wildman–Crippen MR) is 172 cm³/mol. The number of aliphatic imine (C=N–C) groups is 2. The molecular weight excluding hydrogens is 631 g/mol. The average molecular weight is 664 g/mol. The third kappa shape index (κ3) is 12.7. The number of rotatable bonds is 15. The molecule has 0 aliphatic carbocycles. The monoisotopic (exact) mass is 662 g/mol. The van der Waals surface area contributed by atoms with Gasteiger partial charge in [0, 0.05) is 21.6 Å². The Morgan fingerprint density at radius 1 is 0.675 bits per heavy atom. The fourth-order valence-electron chi connectivity index (χ4n) is 2.98. The molecule has 2 aromatic rings. The molecule has 8 nitrogen and oxygen atoms in total. The van der Waals surface area contributed by atoms with E-state index >= 15 is 0 Å². The Bertz CT molecular complexity index is 1270. The molecule has 0 saturated carbocycles. The molecule has 2 rings (SSSR count). The summed E-state index contributed by atoms with van der Waals surface area (Å²) in [6, 6.07) is 11.8. The Balaban J connectivity index is 1.78. The van der Waals surface area contributed by atoms with E-state index < -0.39 is 20.0 Å². The van der Waals surface area contributed by atoms with Crippen LogP contribution in [-0.4, -0.2) is 51.8 Å². The van der Waals surface area contributed by atoms with Gasteiger partial charge in [0.05, 0.1) is 22.9 Å². The van der Waals surface area contributed by atoms with Crippen LogP contribution in [0, 0.1) is 0 Å². The summed E-state index contributed by atoms with van der Waals surface area (Å²) in [5.41, 5.74) is 0. The highest BCUT2D eigenvalue weighted by molar-refractivity contribution is 8.15. The highest BCUT2D eigenvalue weighted by atomic mass is 35.5. The van der Waals surface area contributed by atoms with E-state index in [0.29, 0.717) is 45.0 Å². The second-order valence-corrected chi connectivity index (χ2v) is 14.5. The van der Waals surface area contributed by atoms with Gasteiger partial charge in [0.15, 0.2) is 10.3 Å². The van der Waals surface area contributed by atoms with E-state index in [0.717, 1.165) is 25.7 Å². The predicted octanol–water partition coefficient (Wildman–Crippen LogP) is 6.36. The summed E-state index contributed by atoms with van der Waals surface area (Å²) in [5.74, 6) is 1.36. The molecule has 0 amide bonds. The molecule has 0 spiro atoms. The zero-order valence-corrected chi connectivity index (χ0v) is 26.5. The quantitative estimate of drug-likeness (QED) is 0.0992. The van der Waals surface area contributed by atoms with E-state index in [4.69, 9.17) is 23.2 Å². The molecule has 0 fully saturated rings. The third-order valence-electron chi connectivity index (χ3n) is 4.94. The van der Waals surface area contributed by atoms with Crippen LogP contribution in [0.1, 0.15) is 25.7 Å². The molecular formula is C26H32Cl2N4O4S4. The van der Waals surface area contributed by atoms with Gasteiger partial charge in [0.1, 0.15) is 0 Å². The van der Waals surface area contributed by atoms with Crippen LogP contribution in [0.15, 0.2) is 93.6 Å². The van der Waals surface area contributed by atoms with Crippen LogP contribution in [0.3, 0.4) is 0 Å². The number of benzene rings is 2. The van der Waals surface area contributed by atoms with Crippen LogP contribution in [-0.2, 0) is 20.0 Å². The Morgan fingerprint density at radius 3 is 1.35 bits per heavy atom. The van der Waals surface area contributed by atoms with E-state index in [9.17, 15) is 16.8 Å². The van der Waals surface area contributed by atoms with Crippen molar-refractivity contribution in [2.24, 2.45) is 9.98 Å². The maximum Gasteiger partial charge on any atom is 0.263 e. The normalized spacial score (nSPS) is 12.7. The second kappa shape index (κ2) is 17.8. The number of nitrogens with one attached hydrogen (secondary N) is 2. The van der Waals surface area contributed by atoms with Crippen molar-refractivity contribution in [2.75, 3.05) is 24.6 Å². The standard InChI is InChI=1S/C26H32Cl2N4O4S4/c1-3-17-29-25(31-39(33,34)23-13-9-21(27)10-14-23)37-19-7-5-6-8-20-38-26(30-18-4-2)32-40(35,36)24-15-11-22(28)12-16-24/h3-4,9-16H,1-2,5-8,17-20H2,(H,29,31)(H,30,32). The Kier molecular flexibility index (Phi) is 15.2. The summed E-state index contributed by atoms with van der Waals surface area (Å²) in [6.07, 6.45) is 6.73. The summed E-state index contributed by atoms with van der Waals surface area (Å²) in [4.78, 5) is 8.76. The smallest absolute Gasteiger partial charge is 0.258 e. The van der Waals surface area contributed by atoms with Gasteiger partial charge in [-0.2, -0.15) is 0 Å². The summed E-state index contributed by atoms with van der Waals surface area (Å²) in [6.45, 7) is 7.86. The van der Waals surface area contributed by atoms with Crippen LogP contribution in [0.5, 0.6) is 0 Å². The van der Waals surface area contributed by atoms with Crippen molar-refractivity contribution < 1.29 is 16.8 Å². The minimum atomic E-state index is -3.78. The molecule has 0 heterocycles. The number of nitrogens with zero attached hydrogens (tertiary/aromatic N) is 2. The molecule has 2 N–H and O–H groups in total. The van der Waals surface area contributed by atoms with E-state index in [1.807, 2.05) is 0 Å². The minimum absolute atomic E-state index is 0.104. The van der Waals surface area contributed by atoms with Crippen LogP contribution in [0.25, 0.3) is 0 Å². The van der Waals surface area contributed by atoms with Crippen molar-refractivity contribution in [1.82, 2.24) is 9.44 Å². The number of sulfonamides is 2. The lowest BCUT2D eigenvalue weighted by atomic mass is 10.2. The van der Waals surface area contributed by atoms with Gasteiger partial charge in [0.25, 0.3) is 20.0 Å². The van der Waals surface area contributed by atoms with Gasteiger partial charge >= 0.3 is 0 Å². The number of unbranched alkanes of at least 4 members (excludes halogenated alkanes) is 3. The lowest BCUT2D eigenvalue weighted by Gasteiger charge is -2.11. The molecule has 14 heteroatoms. The largest absolute Gasteiger partial charge is 0.263 e. The molecule has 0 aliphatic rings. The van der Waals surface area contributed by atoms with Gasteiger partial charge in [-0.05, 0) is 61.4 Å². The zero-order valence-electron chi connectivity index (χ0n) is 21.8. The second-order valence-electron chi connectivity index (χ2n) is 8.10. The topological polar surface area (TPSA) is 117 Å². The molecule has 2 aromatic carbocycles. The van der Waals surface area contributed by atoms with Gasteiger partial charge in [-0.3, -0.25) is 19.4 Å². The first-order chi connectivity index (χ1) is 19.1. The van der Waals surface area contributed by atoms with Gasteiger partial charge in [0.2, 0.25) is 0 Å². The van der Waals surface area contributed by atoms with Crippen molar-refractivity contribution in [1.29, 1.82) is 0 Å². The van der Waals surface area contributed by atoms with Crippen molar-refractivity contribution in [2.45, 2.75) is 35.5 Å². The molecule has 0 atom stereocenters. The van der Waals surface area contributed by atoms with Crippen LogP contribution < -0.4 is 9.44 Å². The van der Waals surface area contributed by atoms with E-state index in [1.165, 1.54) is 72.1 Å². The van der Waals surface area contributed by atoms with Crippen LogP contribution in [0.4, 0.5) is 0 Å². The Hall–Kier alpha value is -1.96. The van der Waals surface area contributed by atoms with Gasteiger partial charge in [-0.15, -0.1) is 13.2 Å². The first-order valence-electron chi connectivity index (χ1n) is 12.2. The SMILES string of the molecule is C=CCN=C(NS(=O)(=O)c1ccc(Cl)cc1)SCCCCCCSC(=NCC=C)NS(=O)(=O)c1ccc(Cl)cc1. The molecule has 0 aliphatic heterocycles. The number of hydrogen-bond donors (Lipinski definition) is 2. The molecule has 0 aromatic heterocycles. The first-order valence-corrected chi connectivity index (χ1v) is 17.9. The fraction of sp³-hybridized carbons (Fsp3) is 0.308. The molecule has 0 saturated heterocycles. The maximum absolute atomic E-state index is 12.7. The lowest BCUT2D eigenvalue weighted by molar-refractivity contribution is 0.591. The maximum atomic E-state index is 12.7. The minimum Gasteiger partial charge on any atom is -0.258 e. The summed E-state index contributed by atoms with van der Waals surface area (Å²) in [7, 11) is -7.56. The molecule has 0 radical (unpaired) electrons. The Morgan fingerprint density at radius 2 is 1.02 bits per heavy atom. The van der Waals surface area contributed by atoms with Crippen molar-refractivity contribution in [3.8, 4) is 0 Å². The number of hydrogen-bond acceptors (Lipinski definition) is 8. The summed E-state index contributed by atoms with van der Waals surface area (Å²) < 4.78 is 55.8. The first kappa shape index (κ1) is 34.2. The zero-order chi connectivity index (χ0) is 29.4. The van der Waals surface area contributed by atoms with Gasteiger partial charge < -0.3 is 0 Å². The van der Waals surface area contributed by atoms with Crippen molar-refractivity contribution >= 4 is 77.1 Å². The fourth-order valence-corrected chi connectivity index (χ4v) is 7.59. The Labute approximate surface area is 255 Å². The summed E-state index contributed by atoms with van der Waals surface area (Å²) >= 11 is 14.4. The molecule has 0 bridgehead atoms. The van der Waals surface area contributed by atoms with Gasteiger partial charge in [-0.1, -0.05) is 71.7 Å². The lowest BCUT2D eigenvalue weighted by Crippen LogP contribution is -2.29.